The van der Waals surface area contributed by atoms with E-state index in [-0.39, 0.29) is 24.1 Å². The fraction of sp³-hybridized carbons (Fsp3) is 0.409. The van der Waals surface area contributed by atoms with Crippen LogP contribution in [0, 0.1) is 12.8 Å². The second-order valence-electron chi connectivity index (χ2n) is 7.72. The minimum atomic E-state index is -0.146. The Bertz CT molecular complexity index is 1050. The van der Waals surface area contributed by atoms with Crippen molar-refractivity contribution in [3.8, 4) is 10.4 Å². The number of fused-ring (bicyclic) bond motifs is 1. The average Bonchev–Trinajstić information content (AvgIpc) is 3.04. The summed E-state index contributed by atoms with van der Waals surface area (Å²) in [5.41, 5.74) is 1.87. The Morgan fingerprint density at radius 1 is 1.25 bits per heavy atom. The Labute approximate surface area is 168 Å². The number of aryl methyl sites for hydroxylation is 1. The molecule has 0 bridgehead atoms. The number of benzene rings is 1. The van der Waals surface area contributed by atoms with Crippen LogP contribution in [0.3, 0.4) is 0 Å². The Kier molecular flexibility index (Phi) is 5.31. The lowest BCUT2D eigenvalue weighted by Gasteiger charge is -2.29. The van der Waals surface area contributed by atoms with Gasteiger partial charge in [-0.25, -0.2) is 4.98 Å². The van der Waals surface area contributed by atoms with Crippen molar-refractivity contribution in [2.45, 2.75) is 52.1 Å². The van der Waals surface area contributed by atoms with Crippen LogP contribution in [0.5, 0.6) is 0 Å². The first-order valence-electron chi connectivity index (χ1n) is 9.88. The van der Waals surface area contributed by atoms with Gasteiger partial charge in [-0.05, 0) is 36.8 Å². The number of hydrogen-bond acceptors (Lipinski definition) is 4. The second kappa shape index (κ2) is 7.87. The largest absolute Gasteiger partial charge is 0.352 e. The maximum absolute atomic E-state index is 13.0. The molecule has 1 aliphatic carbocycles. The molecule has 5 nitrogen and oxygen atoms in total. The van der Waals surface area contributed by atoms with Gasteiger partial charge in [0.25, 0.3) is 5.56 Å². The van der Waals surface area contributed by atoms with Gasteiger partial charge in [-0.1, -0.05) is 50.1 Å². The van der Waals surface area contributed by atoms with E-state index in [2.05, 4.69) is 17.2 Å². The zero-order chi connectivity index (χ0) is 19.7. The molecule has 2 heterocycles. The Hall–Kier alpha value is -2.47. The van der Waals surface area contributed by atoms with Crippen molar-refractivity contribution in [1.82, 2.24) is 14.9 Å². The number of nitrogens with zero attached hydrogens (tertiary/aromatic N) is 2. The molecular formula is C22H25N3O2S. The normalized spacial score (nSPS) is 19.6. The molecule has 146 valence electrons. The zero-order valence-corrected chi connectivity index (χ0v) is 17.1. The van der Waals surface area contributed by atoms with Crippen molar-refractivity contribution in [3.63, 3.8) is 0 Å². The Morgan fingerprint density at radius 2 is 2.00 bits per heavy atom. The van der Waals surface area contributed by atoms with Crippen molar-refractivity contribution in [2.75, 3.05) is 0 Å². The third kappa shape index (κ3) is 3.61. The third-order valence-electron chi connectivity index (χ3n) is 5.73. The van der Waals surface area contributed by atoms with Crippen LogP contribution in [-0.2, 0) is 11.3 Å². The fourth-order valence-corrected chi connectivity index (χ4v) is 5.22. The van der Waals surface area contributed by atoms with E-state index >= 15 is 0 Å². The summed E-state index contributed by atoms with van der Waals surface area (Å²) in [7, 11) is 0. The maximum atomic E-state index is 13.0. The van der Waals surface area contributed by atoms with E-state index < -0.39 is 0 Å². The SMILES string of the molecule is Cc1c(-c2ccccc2)sc2ncn(CC(=O)N[C@@H]3CCCC[C@H]3C)c(=O)c12. The smallest absolute Gasteiger partial charge is 0.262 e. The van der Waals surface area contributed by atoms with E-state index in [4.69, 9.17) is 0 Å². The molecule has 2 atom stereocenters. The Morgan fingerprint density at radius 3 is 2.75 bits per heavy atom. The summed E-state index contributed by atoms with van der Waals surface area (Å²) in [6.07, 6.45) is 6.05. The lowest BCUT2D eigenvalue weighted by atomic mass is 9.86. The third-order valence-corrected chi connectivity index (χ3v) is 6.97. The molecule has 1 saturated carbocycles. The van der Waals surface area contributed by atoms with Crippen LogP contribution in [0.1, 0.15) is 38.2 Å². The summed E-state index contributed by atoms with van der Waals surface area (Å²) in [6, 6.07) is 10.2. The van der Waals surface area contributed by atoms with Gasteiger partial charge in [0.15, 0.2) is 0 Å². The predicted molar refractivity (Wildman–Crippen MR) is 114 cm³/mol. The number of carbonyl (C=O) groups excluding carboxylic acids is 1. The number of nitrogens with one attached hydrogen (secondary N) is 1. The molecule has 1 aliphatic rings. The van der Waals surface area contributed by atoms with E-state index in [0.717, 1.165) is 40.1 Å². The topological polar surface area (TPSA) is 64.0 Å². The first-order chi connectivity index (χ1) is 13.5. The molecule has 0 aliphatic heterocycles. The van der Waals surface area contributed by atoms with Crippen molar-refractivity contribution < 1.29 is 4.79 Å². The van der Waals surface area contributed by atoms with Crippen LogP contribution in [0.15, 0.2) is 41.5 Å². The van der Waals surface area contributed by atoms with E-state index in [1.165, 1.54) is 28.7 Å². The van der Waals surface area contributed by atoms with E-state index in [1.807, 2.05) is 37.3 Å². The number of amides is 1. The summed E-state index contributed by atoms with van der Waals surface area (Å²) >= 11 is 1.52. The van der Waals surface area contributed by atoms with E-state index in [0.29, 0.717) is 11.3 Å². The van der Waals surface area contributed by atoms with Gasteiger partial charge in [-0.15, -0.1) is 11.3 Å². The van der Waals surface area contributed by atoms with Crippen LogP contribution in [0.2, 0.25) is 0 Å². The number of rotatable bonds is 4. The van der Waals surface area contributed by atoms with Gasteiger partial charge in [-0.3, -0.25) is 14.2 Å². The molecule has 0 saturated heterocycles. The molecule has 4 rings (SSSR count). The molecule has 0 spiro atoms. The molecule has 1 fully saturated rings. The van der Waals surface area contributed by atoms with Crippen LogP contribution < -0.4 is 10.9 Å². The predicted octanol–water partition coefficient (Wildman–Crippen LogP) is 4.13. The van der Waals surface area contributed by atoms with Gasteiger partial charge in [0.1, 0.15) is 11.4 Å². The van der Waals surface area contributed by atoms with Crippen molar-refractivity contribution in [2.24, 2.45) is 5.92 Å². The molecule has 2 aromatic heterocycles. The molecule has 1 aromatic carbocycles. The standard InChI is InChI=1S/C22H25N3O2S/c1-14-8-6-7-11-17(14)24-18(26)12-25-13-23-21-19(22(25)27)15(2)20(28-21)16-9-4-3-5-10-16/h3-5,9-10,13-14,17H,6-8,11-12H2,1-2H3,(H,24,26)/t14-,17-/m1/s1. The second-order valence-corrected chi connectivity index (χ2v) is 8.71. The molecule has 1 N–H and O–H groups in total. The first kappa shape index (κ1) is 18.9. The number of hydrogen-bond donors (Lipinski definition) is 1. The van der Waals surface area contributed by atoms with E-state index in [9.17, 15) is 9.59 Å². The molecule has 6 heteroatoms. The molecular weight excluding hydrogens is 370 g/mol. The summed E-state index contributed by atoms with van der Waals surface area (Å²) < 4.78 is 1.43. The van der Waals surface area contributed by atoms with Crippen LogP contribution in [-0.4, -0.2) is 21.5 Å². The van der Waals surface area contributed by atoms with Crippen LogP contribution in [0.4, 0.5) is 0 Å². The number of thiophene rings is 1. The minimum absolute atomic E-state index is 0.0148. The van der Waals surface area contributed by atoms with Gasteiger partial charge in [-0.2, -0.15) is 0 Å². The molecule has 28 heavy (non-hydrogen) atoms. The highest BCUT2D eigenvalue weighted by atomic mass is 32.1. The van der Waals surface area contributed by atoms with Gasteiger partial charge >= 0.3 is 0 Å². The highest BCUT2D eigenvalue weighted by molar-refractivity contribution is 7.22. The molecule has 0 radical (unpaired) electrons. The highest BCUT2D eigenvalue weighted by Gasteiger charge is 2.23. The quantitative estimate of drug-likeness (QED) is 0.722. The van der Waals surface area contributed by atoms with Gasteiger partial charge in [0, 0.05) is 10.9 Å². The van der Waals surface area contributed by atoms with Crippen LogP contribution in [0.25, 0.3) is 20.7 Å². The lowest BCUT2D eigenvalue weighted by molar-refractivity contribution is -0.123. The van der Waals surface area contributed by atoms with Crippen molar-refractivity contribution in [1.29, 1.82) is 0 Å². The molecule has 1 amide bonds. The Balaban J connectivity index is 1.60. The minimum Gasteiger partial charge on any atom is -0.352 e. The number of carbonyl (C=O) groups is 1. The first-order valence-corrected chi connectivity index (χ1v) is 10.7. The monoisotopic (exact) mass is 395 g/mol. The summed E-state index contributed by atoms with van der Waals surface area (Å²) in [6.45, 7) is 4.16. The van der Waals surface area contributed by atoms with Crippen molar-refractivity contribution >= 4 is 27.5 Å². The average molecular weight is 396 g/mol. The summed E-state index contributed by atoms with van der Waals surface area (Å²) in [4.78, 5) is 31.8. The van der Waals surface area contributed by atoms with E-state index in [1.54, 1.807) is 0 Å². The summed E-state index contributed by atoms with van der Waals surface area (Å²) in [5, 5.41) is 3.73. The fourth-order valence-electron chi connectivity index (χ4n) is 4.07. The van der Waals surface area contributed by atoms with Crippen molar-refractivity contribution in [3.05, 3.63) is 52.6 Å². The van der Waals surface area contributed by atoms with Gasteiger partial charge in [0.2, 0.25) is 5.91 Å². The number of aromatic nitrogens is 2. The summed E-state index contributed by atoms with van der Waals surface area (Å²) in [5.74, 6) is 0.376. The zero-order valence-electron chi connectivity index (χ0n) is 16.3. The highest BCUT2D eigenvalue weighted by Crippen LogP contribution is 2.35. The van der Waals surface area contributed by atoms with Gasteiger partial charge in [0.05, 0.1) is 11.7 Å². The molecule has 3 aromatic rings. The lowest BCUT2D eigenvalue weighted by Crippen LogP contribution is -2.43. The van der Waals surface area contributed by atoms with Crippen LogP contribution >= 0.6 is 11.3 Å². The molecule has 0 unspecified atom stereocenters. The van der Waals surface area contributed by atoms with Gasteiger partial charge < -0.3 is 5.32 Å². The maximum Gasteiger partial charge on any atom is 0.262 e.